The van der Waals surface area contributed by atoms with Crippen molar-refractivity contribution in [3.05, 3.63) is 35.4 Å². The fraction of sp³-hybridized carbons (Fsp3) is 0.562. The number of rotatable bonds is 1. The van der Waals surface area contributed by atoms with Crippen LogP contribution in [0.2, 0.25) is 0 Å². The molecule has 1 N–H and O–H groups in total. The molecule has 0 spiro atoms. The molecule has 19 heavy (non-hydrogen) atoms. The van der Waals surface area contributed by atoms with Crippen LogP contribution in [0.3, 0.4) is 0 Å². The summed E-state index contributed by atoms with van der Waals surface area (Å²) in [5.74, 6) is 0.223. The Kier molecular flexibility index (Phi) is 3.95. The number of nitrogens with zero attached hydrogens (tertiary/aromatic N) is 1. The Labute approximate surface area is 116 Å². The molecule has 3 nitrogen and oxygen atoms in total. The summed E-state index contributed by atoms with van der Waals surface area (Å²) in [6, 6.07) is 9.00. The molecule has 1 saturated heterocycles. The van der Waals surface area contributed by atoms with E-state index < -0.39 is 0 Å². The minimum Gasteiger partial charge on any atom is -0.344 e. The molecule has 0 saturated carbocycles. The second-order valence-corrected chi connectivity index (χ2v) is 6.40. The first-order valence-corrected chi connectivity index (χ1v) is 6.96. The maximum absolute atomic E-state index is 11.7. The van der Waals surface area contributed by atoms with Crippen molar-refractivity contribution in [2.24, 2.45) is 0 Å². The highest BCUT2D eigenvalue weighted by molar-refractivity contribution is 5.76. The SMILES string of the molecule is CN1CC(c2ccc(C(C)(C)C)cc2)NCCC1=O. The lowest BCUT2D eigenvalue weighted by atomic mass is 9.86. The molecule has 0 bridgehead atoms. The molecule has 0 radical (unpaired) electrons. The Balaban J connectivity index is 2.15. The van der Waals surface area contributed by atoms with Crippen LogP contribution in [0.25, 0.3) is 0 Å². The molecule has 1 aliphatic heterocycles. The molecule has 0 aliphatic carbocycles. The molecule has 1 aliphatic rings. The van der Waals surface area contributed by atoms with Crippen molar-refractivity contribution >= 4 is 5.91 Å². The normalized spacial score (nSPS) is 21.4. The van der Waals surface area contributed by atoms with Gasteiger partial charge >= 0.3 is 0 Å². The van der Waals surface area contributed by atoms with Crippen LogP contribution >= 0.6 is 0 Å². The number of hydrogen-bond donors (Lipinski definition) is 1. The molecule has 1 amide bonds. The molecule has 1 fully saturated rings. The summed E-state index contributed by atoms with van der Waals surface area (Å²) in [5.41, 5.74) is 2.78. The maximum atomic E-state index is 11.7. The fourth-order valence-corrected chi connectivity index (χ4v) is 2.42. The quantitative estimate of drug-likeness (QED) is 0.841. The third-order valence-electron chi connectivity index (χ3n) is 3.79. The van der Waals surface area contributed by atoms with Crippen molar-refractivity contribution in [2.45, 2.75) is 38.6 Å². The van der Waals surface area contributed by atoms with Crippen molar-refractivity contribution in [1.29, 1.82) is 0 Å². The van der Waals surface area contributed by atoms with Gasteiger partial charge in [-0.2, -0.15) is 0 Å². The van der Waals surface area contributed by atoms with Crippen LogP contribution in [0.15, 0.2) is 24.3 Å². The number of benzene rings is 1. The van der Waals surface area contributed by atoms with Crippen LogP contribution in [0, 0.1) is 0 Å². The van der Waals surface area contributed by atoms with Gasteiger partial charge in [0.15, 0.2) is 0 Å². The number of nitrogens with one attached hydrogen (secondary N) is 1. The molecular weight excluding hydrogens is 236 g/mol. The number of amides is 1. The van der Waals surface area contributed by atoms with Crippen molar-refractivity contribution in [3.8, 4) is 0 Å². The summed E-state index contributed by atoms with van der Waals surface area (Å²) in [5, 5.41) is 3.45. The molecule has 1 aromatic carbocycles. The van der Waals surface area contributed by atoms with Crippen LogP contribution in [-0.2, 0) is 10.2 Å². The van der Waals surface area contributed by atoms with Gasteiger partial charge < -0.3 is 10.2 Å². The van der Waals surface area contributed by atoms with Crippen molar-refractivity contribution in [3.63, 3.8) is 0 Å². The van der Waals surface area contributed by atoms with E-state index in [1.54, 1.807) is 0 Å². The zero-order valence-electron chi connectivity index (χ0n) is 12.4. The van der Waals surface area contributed by atoms with E-state index in [2.05, 4.69) is 50.4 Å². The summed E-state index contributed by atoms with van der Waals surface area (Å²) in [4.78, 5) is 13.5. The minimum atomic E-state index is 0.183. The van der Waals surface area contributed by atoms with Crippen LogP contribution < -0.4 is 5.32 Å². The van der Waals surface area contributed by atoms with E-state index in [1.165, 1.54) is 11.1 Å². The highest BCUT2D eigenvalue weighted by Crippen LogP contribution is 2.24. The van der Waals surface area contributed by atoms with E-state index in [1.807, 2.05) is 11.9 Å². The topological polar surface area (TPSA) is 32.3 Å². The summed E-state index contributed by atoms with van der Waals surface area (Å²) < 4.78 is 0. The predicted octanol–water partition coefficient (Wildman–Crippen LogP) is 2.48. The zero-order chi connectivity index (χ0) is 14.0. The van der Waals surface area contributed by atoms with E-state index in [0.29, 0.717) is 6.42 Å². The molecule has 1 aromatic rings. The average molecular weight is 260 g/mol. The highest BCUT2D eigenvalue weighted by Gasteiger charge is 2.21. The number of hydrogen-bond acceptors (Lipinski definition) is 2. The van der Waals surface area contributed by atoms with Gasteiger partial charge in [-0.25, -0.2) is 0 Å². The van der Waals surface area contributed by atoms with Gasteiger partial charge in [-0.1, -0.05) is 45.0 Å². The third-order valence-corrected chi connectivity index (χ3v) is 3.79. The van der Waals surface area contributed by atoms with E-state index in [4.69, 9.17) is 0 Å². The summed E-state index contributed by atoms with van der Waals surface area (Å²) >= 11 is 0. The molecule has 1 atom stereocenters. The molecule has 104 valence electrons. The second kappa shape index (κ2) is 5.33. The van der Waals surface area contributed by atoms with Gasteiger partial charge in [-0.15, -0.1) is 0 Å². The van der Waals surface area contributed by atoms with Crippen LogP contribution in [0.1, 0.15) is 44.4 Å². The Hall–Kier alpha value is -1.35. The summed E-state index contributed by atoms with van der Waals surface area (Å²) in [7, 11) is 1.88. The van der Waals surface area contributed by atoms with E-state index in [0.717, 1.165) is 13.1 Å². The predicted molar refractivity (Wildman–Crippen MR) is 78.1 cm³/mol. The van der Waals surface area contributed by atoms with Gasteiger partial charge in [0, 0.05) is 32.6 Å². The third kappa shape index (κ3) is 3.35. The highest BCUT2D eigenvalue weighted by atomic mass is 16.2. The van der Waals surface area contributed by atoms with Gasteiger partial charge in [0.2, 0.25) is 5.91 Å². The van der Waals surface area contributed by atoms with Crippen LogP contribution in [0.5, 0.6) is 0 Å². The average Bonchev–Trinajstić information content (AvgIpc) is 2.51. The maximum Gasteiger partial charge on any atom is 0.223 e. The number of likely N-dealkylation sites (N-methyl/N-ethyl adjacent to an activating group) is 1. The standard InChI is InChI=1S/C16H24N2O/c1-16(2,3)13-7-5-12(6-8-13)14-11-18(4)15(19)9-10-17-14/h5-8,14,17H,9-11H2,1-4H3. The first-order valence-electron chi connectivity index (χ1n) is 6.96. The fourth-order valence-electron chi connectivity index (χ4n) is 2.42. The van der Waals surface area contributed by atoms with Gasteiger partial charge in [-0.3, -0.25) is 4.79 Å². The van der Waals surface area contributed by atoms with Crippen molar-refractivity contribution in [1.82, 2.24) is 10.2 Å². The minimum absolute atomic E-state index is 0.183. The Morgan fingerprint density at radius 3 is 2.42 bits per heavy atom. The lowest BCUT2D eigenvalue weighted by Gasteiger charge is -2.23. The second-order valence-electron chi connectivity index (χ2n) is 6.40. The molecular formula is C16H24N2O. The molecule has 1 heterocycles. The van der Waals surface area contributed by atoms with Gasteiger partial charge in [0.25, 0.3) is 0 Å². The van der Waals surface area contributed by atoms with E-state index in [-0.39, 0.29) is 17.4 Å². The van der Waals surface area contributed by atoms with Gasteiger partial charge in [0.1, 0.15) is 0 Å². The molecule has 2 rings (SSSR count). The van der Waals surface area contributed by atoms with Gasteiger partial charge in [-0.05, 0) is 16.5 Å². The molecule has 1 unspecified atom stereocenters. The van der Waals surface area contributed by atoms with Crippen molar-refractivity contribution in [2.75, 3.05) is 20.1 Å². The number of carbonyl (C=O) groups excluding carboxylic acids is 1. The first kappa shape index (κ1) is 14.1. The monoisotopic (exact) mass is 260 g/mol. The molecule has 3 heteroatoms. The Morgan fingerprint density at radius 2 is 1.84 bits per heavy atom. The zero-order valence-corrected chi connectivity index (χ0v) is 12.4. The Bertz CT molecular complexity index is 445. The lowest BCUT2D eigenvalue weighted by molar-refractivity contribution is -0.129. The van der Waals surface area contributed by atoms with E-state index >= 15 is 0 Å². The number of carbonyl (C=O) groups is 1. The Morgan fingerprint density at radius 1 is 1.21 bits per heavy atom. The van der Waals surface area contributed by atoms with Crippen LogP contribution in [0.4, 0.5) is 0 Å². The largest absolute Gasteiger partial charge is 0.344 e. The van der Waals surface area contributed by atoms with Gasteiger partial charge in [0.05, 0.1) is 0 Å². The van der Waals surface area contributed by atoms with E-state index in [9.17, 15) is 4.79 Å². The summed E-state index contributed by atoms with van der Waals surface area (Å²) in [6.07, 6.45) is 0.590. The smallest absolute Gasteiger partial charge is 0.223 e. The summed E-state index contributed by atoms with van der Waals surface area (Å²) in [6.45, 7) is 8.16. The lowest BCUT2D eigenvalue weighted by Crippen LogP contribution is -2.31. The molecule has 0 aromatic heterocycles. The van der Waals surface area contributed by atoms with Crippen LogP contribution in [-0.4, -0.2) is 30.9 Å². The van der Waals surface area contributed by atoms with Crippen molar-refractivity contribution < 1.29 is 4.79 Å². The first-order chi connectivity index (χ1) is 8.88.